The largest absolute Gasteiger partial charge is 0.457 e. The first-order valence-electron chi connectivity index (χ1n) is 37.3. The van der Waals surface area contributed by atoms with Gasteiger partial charge in [0.05, 0.1) is 38.9 Å². The summed E-state index contributed by atoms with van der Waals surface area (Å²) in [4.78, 5) is 42.1. The van der Waals surface area contributed by atoms with Crippen molar-refractivity contribution < 1.29 is 62.2 Å². The zero-order valence-electron chi connectivity index (χ0n) is 58.9. The normalized spacial score (nSPS) is 37.2. The highest BCUT2D eigenvalue weighted by Gasteiger charge is 2.67. The molecule has 16 bridgehead atoms. The van der Waals surface area contributed by atoms with Gasteiger partial charge in [0.1, 0.15) is 30.0 Å². The number of carbonyl (C=O) groups is 3. The summed E-state index contributed by atoms with van der Waals surface area (Å²) in [7, 11) is 52.0. The molecule has 8 atom stereocenters. The summed E-state index contributed by atoms with van der Waals surface area (Å²) < 4.78 is 57.8. The van der Waals surface area contributed by atoms with Gasteiger partial charge in [0.2, 0.25) is 0 Å². The molecular formula is C69H89B17F2O11S+. The van der Waals surface area contributed by atoms with E-state index < -0.39 is 95.8 Å². The maximum atomic E-state index is 13.7. The molecule has 3 N–H and O–H groups in total. The maximum Gasteiger partial charge on any atom is 0.377 e. The van der Waals surface area contributed by atoms with Gasteiger partial charge in [0.25, 0.3) is 0 Å². The zero-order valence-corrected chi connectivity index (χ0v) is 59.7. The predicted molar refractivity (Wildman–Crippen MR) is 406 cm³/mol. The van der Waals surface area contributed by atoms with Crippen molar-refractivity contribution in [3.8, 4) is 0 Å². The van der Waals surface area contributed by atoms with E-state index in [1.807, 2.05) is 6.92 Å². The van der Waals surface area contributed by atoms with Crippen molar-refractivity contribution in [1.82, 2.24) is 0 Å². The van der Waals surface area contributed by atoms with Gasteiger partial charge in [-0.2, -0.15) is 8.78 Å². The second kappa shape index (κ2) is 30.1. The Bertz CT molecular complexity index is 3160. The van der Waals surface area contributed by atoms with Crippen LogP contribution in [0.5, 0.6) is 0 Å². The van der Waals surface area contributed by atoms with E-state index in [4.69, 9.17) is 93.3 Å². The molecule has 11 nitrogen and oxygen atoms in total. The lowest BCUT2D eigenvalue weighted by Gasteiger charge is -2.64. The summed E-state index contributed by atoms with van der Waals surface area (Å²) in [6.45, 7) is 4.49. The fourth-order valence-corrected chi connectivity index (χ4v) is 25.7. The van der Waals surface area contributed by atoms with Crippen molar-refractivity contribution in [2.24, 2.45) is 59.2 Å². The van der Waals surface area contributed by atoms with Crippen molar-refractivity contribution >= 4 is 150 Å². The molecule has 16 saturated carbocycles. The molecule has 0 amide bonds. The SMILES string of the molecule is CCC1(O)C2CC3CC1CC(OCC(=O)OC14CC5CC(CC(O)(C5)C1)C4)(C3)C2.CCC1(OC(=O)C(C)(F)F)C2CC3CC1CC(OCC(=O)OC14CC5CC(CC(O)(C5)C1)C4)(C3)C2.[B][B]B(B([B])[B])B(B([B])[B])B(B([B])[B])B([B])[B].c1ccc([S+](c2ccccc2)c2ccccc2)cc1. The Balaban J connectivity index is 0.000000132. The minimum absolute atomic E-state index is 0.0146. The highest BCUT2D eigenvalue weighted by molar-refractivity contribution is 8.15. The van der Waals surface area contributed by atoms with Crippen molar-refractivity contribution in [2.45, 2.75) is 240 Å². The van der Waals surface area contributed by atoms with Gasteiger partial charge in [-0.3, -0.25) is 0 Å². The third-order valence-corrected chi connectivity index (χ3v) is 28.5. The van der Waals surface area contributed by atoms with Crippen LogP contribution >= 0.6 is 0 Å². The van der Waals surface area contributed by atoms with Gasteiger partial charge in [0, 0.05) is 153 Å². The van der Waals surface area contributed by atoms with Crippen molar-refractivity contribution in [3.05, 3.63) is 91.0 Å². The number of rotatable bonds is 22. The molecule has 31 heteroatoms. The van der Waals surface area contributed by atoms with Gasteiger partial charge < -0.3 is 39.0 Å². The summed E-state index contributed by atoms with van der Waals surface area (Å²) in [5.41, 5.74) is -4.46. The Labute approximate surface area is 612 Å². The first-order chi connectivity index (χ1) is 47.3. The Morgan fingerprint density at radius 2 is 0.830 bits per heavy atom. The van der Waals surface area contributed by atoms with Crippen LogP contribution in [0.3, 0.4) is 0 Å². The summed E-state index contributed by atoms with van der Waals surface area (Å²) in [5, 5.41) is 33.0. The molecule has 501 valence electrons. The average molecular weight is 1350 g/mol. The minimum atomic E-state index is -3.51. The van der Waals surface area contributed by atoms with E-state index >= 15 is 0 Å². The molecule has 0 aliphatic heterocycles. The van der Waals surface area contributed by atoms with E-state index in [9.17, 15) is 38.5 Å². The zero-order chi connectivity index (χ0) is 71.6. The summed E-state index contributed by atoms with van der Waals surface area (Å²) >= 11 is 0. The monoisotopic (exact) mass is 1350 g/mol. The molecule has 16 aliphatic rings. The second-order valence-corrected chi connectivity index (χ2v) is 35.8. The van der Waals surface area contributed by atoms with Gasteiger partial charge in [0.15, 0.2) is 14.7 Å². The van der Waals surface area contributed by atoms with Crippen LogP contribution in [0.2, 0.25) is 0 Å². The van der Waals surface area contributed by atoms with E-state index in [1.54, 1.807) is 0 Å². The van der Waals surface area contributed by atoms with Crippen LogP contribution in [0.1, 0.15) is 175 Å². The molecule has 3 aromatic rings. The number of hydrogen-bond acceptors (Lipinski definition) is 11. The molecule has 100 heavy (non-hydrogen) atoms. The van der Waals surface area contributed by atoms with Crippen molar-refractivity contribution in [1.29, 1.82) is 0 Å². The van der Waals surface area contributed by atoms with Crippen LogP contribution in [0, 0.1) is 59.2 Å². The summed E-state index contributed by atoms with van der Waals surface area (Å²) in [6.07, 6.45) is 15.8. The fraction of sp³-hybridized carbons (Fsp3) is 0.696. The van der Waals surface area contributed by atoms with Gasteiger partial charge in [-0.05, 0) is 225 Å². The second-order valence-electron chi connectivity index (χ2n) is 33.7. The lowest BCUT2D eigenvalue weighted by atomic mass is 8.43. The summed E-state index contributed by atoms with van der Waals surface area (Å²) in [5.74, 6) is -2.15. The number of aliphatic hydroxyl groups is 3. The van der Waals surface area contributed by atoms with Crippen LogP contribution in [0.25, 0.3) is 0 Å². The molecule has 0 saturated heterocycles. The third-order valence-electron chi connectivity index (χ3n) is 26.3. The van der Waals surface area contributed by atoms with Crippen LogP contribution < -0.4 is 0 Å². The molecule has 0 spiro atoms. The van der Waals surface area contributed by atoms with E-state index in [0.29, 0.717) is 86.4 Å². The molecule has 0 aromatic heterocycles. The first-order valence-corrected chi connectivity index (χ1v) is 38.5. The Morgan fingerprint density at radius 3 is 1.14 bits per heavy atom. The van der Waals surface area contributed by atoms with Gasteiger partial charge in [-0.15, -0.1) is 0 Å². The van der Waals surface area contributed by atoms with E-state index in [2.05, 4.69) is 97.9 Å². The number of ether oxygens (including phenoxy) is 5. The summed E-state index contributed by atoms with van der Waals surface area (Å²) in [6, 6.07) is 32.2. The quantitative estimate of drug-likeness (QED) is 0.0455. The molecule has 19 rings (SSSR count). The highest BCUT2D eigenvalue weighted by atomic mass is 32.2. The standard InChI is InChI=1S/C27H38F2O6.C24H36O5.C18H15S.B17/c1-3-27(35-22(31)23(2,28)29)19-5-16-6-20(27)13-25(9-16,12-19)33-14-21(30)34-26-10-17-4-18(11-26)8-24(32,7-17)15-26;1-2-24(27)18-4-15-5-19(24)12-22(8-15,11-18)28-13-20(25)29-23-9-16-3-17(10-23)7-21(26,6-16)14-23;1-4-10-16(11-5-1)19(17-12-6-2-7-13-17)18-14-8-3-9-15-18;1-10-15(11(2)3)17(14(8)9)16(12(4)5)13(6)7/h16-20,32H,3-15H2,1-2H3;15-19,26-27H,2-14H2,1H3;1-15H;/q;;+1;. The lowest BCUT2D eigenvalue weighted by Crippen LogP contribution is -2.76. The molecular weight excluding hydrogens is 1260 g/mol. The topological polar surface area (TPSA) is 158 Å². The van der Waals surface area contributed by atoms with E-state index in [-0.39, 0.29) is 53.5 Å². The Hall–Kier alpha value is -2.82. The number of benzene rings is 3. The molecule has 3 aromatic carbocycles. The smallest absolute Gasteiger partial charge is 0.377 e. The number of hydrogen-bond donors (Lipinski definition) is 3. The van der Waals surface area contributed by atoms with Gasteiger partial charge in [-0.25, -0.2) is 14.4 Å². The van der Waals surface area contributed by atoms with Gasteiger partial charge >= 0.3 is 23.8 Å². The number of alkyl halides is 2. The van der Waals surface area contributed by atoms with Crippen LogP contribution in [-0.4, -0.2) is 219 Å². The lowest BCUT2D eigenvalue weighted by molar-refractivity contribution is -0.264. The average Bonchev–Trinajstić information content (AvgIpc) is 0.726. The Kier molecular flexibility index (Phi) is 23.1. The maximum absolute atomic E-state index is 13.7. The number of halogens is 2. The highest BCUT2D eigenvalue weighted by Crippen LogP contribution is 2.66. The predicted octanol–water partition coefficient (Wildman–Crippen LogP) is 6.21. The first kappa shape index (κ1) is 76.8. The Morgan fingerprint density at radius 1 is 0.480 bits per heavy atom. The molecule has 0 heterocycles. The molecule has 16 fully saturated rings. The van der Waals surface area contributed by atoms with Crippen molar-refractivity contribution in [3.63, 3.8) is 0 Å². The van der Waals surface area contributed by atoms with Crippen molar-refractivity contribution in [2.75, 3.05) is 13.2 Å². The van der Waals surface area contributed by atoms with Crippen LogP contribution in [0.4, 0.5) is 8.78 Å². The number of esters is 3. The fourth-order valence-electron chi connectivity index (χ4n) is 23.6. The number of carbonyl (C=O) groups excluding carboxylic acids is 3. The molecule has 8 unspecified atom stereocenters. The molecule has 16 aliphatic carbocycles. The van der Waals surface area contributed by atoms with Crippen LogP contribution in [-0.2, 0) is 49.0 Å². The minimum Gasteiger partial charge on any atom is -0.457 e. The van der Waals surface area contributed by atoms with E-state index in [0.717, 1.165) is 116 Å². The van der Waals surface area contributed by atoms with Gasteiger partial charge in [-0.1, -0.05) is 68.4 Å². The third kappa shape index (κ3) is 16.2. The van der Waals surface area contributed by atoms with Crippen LogP contribution in [0.15, 0.2) is 106 Å². The van der Waals surface area contributed by atoms with E-state index in [1.165, 1.54) is 28.2 Å². The molecule has 19 radical (unpaired) electrons.